The second kappa shape index (κ2) is 5.89. The highest BCUT2D eigenvalue weighted by molar-refractivity contribution is 4.92. The van der Waals surface area contributed by atoms with E-state index in [0.29, 0.717) is 26.2 Å². The lowest BCUT2D eigenvalue weighted by atomic mass is 9.91. The van der Waals surface area contributed by atoms with Crippen LogP contribution in [-0.4, -0.2) is 55.2 Å². The summed E-state index contributed by atoms with van der Waals surface area (Å²) in [5, 5.41) is 8.89. The molecule has 18 heavy (non-hydrogen) atoms. The van der Waals surface area contributed by atoms with Crippen molar-refractivity contribution >= 4 is 0 Å². The molecule has 104 valence electrons. The second-order valence-corrected chi connectivity index (χ2v) is 5.48. The third-order valence-corrected chi connectivity index (χ3v) is 3.22. The zero-order valence-corrected chi connectivity index (χ0v) is 10.9. The Morgan fingerprint density at radius 3 is 2.00 bits per heavy atom. The summed E-state index contributed by atoms with van der Waals surface area (Å²) in [7, 11) is 0. The molecule has 0 amide bonds. The van der Waals surface area contributed by atoms with Crippen molar-refractivity contribution in [3.05, 3.63) is 0 Å². The predicted octanol–water partition coefficient (Wildman–Crippen LogP) is 2.11. The average molecular weight is 263 g/mol. The summed E-state index contributed by atoms with van der Waals surface area (Å²) >= 11 is 0. The van der Waals surface area contributed by atoms with Crippen molar-refractivity contribution in [2.45, 2.75) is 26.4 Å². The first-order valence-corrected chi connectivity index (χ1v) is 6.15. The molecule has 0 unspecified atom stereocenters. The number of piperazine rings is 1. The first-order chi connectivity index (χ1) is 8.22. The summed E-state index contributed by atoms with van der Waals surface area (Å²) in [5.74, 6) is 0. The summed E-state index contributed by atoms with van der Waals surface area (Å²) in [6.45, 7) is 5.93. The van der Waals surface area contributed by atoms with Crippen molar-refractivity contribution in [1.29, 1.82) is 5.26 Å². The summed E-state index contributed by atoms with van der Waals surface area (Å²) in [6.07, 6.45) is -3.35. The van der Waals surface area contributed by atoms with Gasteiger partial charge in [-0.3, -0.25) is 4.90 Å². The number of nitrogens with zero attached hydrogens (tertiary/aromatic N) is 3. The van der Waals surface area contributed by atoms with E-state index in [-0.39, 0.29) is 5.41 Å². The molecule has 0 radical (unpaired) electrons. The lowest BCUT2D eigenvalue weighted by Crippen LogP contribution is -2.49. The molecule has 1 saturated heterocycles. The van der Waals surface area contributed by atoms with E-state index >= 15 is 0 Å². The van der Waals surface area contributed by atoms with Crippen molar-refractivity contribution in [2.24, 2.45) is 5.41 Å². The predicted molar refractivity (Wildman–Crippen MR) is 62.9 cm³/mol. The number of halogens is 3. The SMILES string of the molecule is CC(C)(C#N)CCN1CCN(CC(F)(F)F)CC1. The van der Waals surface area contributed by atoms with E-state index in [2.05, 4.69) is 11.0 Å². The highest BCUT2D eigenvalue weighted by Crippen LogP contribution is 2.20. The molecule has 0 spiro atoms. The zero-order chi connectivity index (χ0) is 13.8. The molecule has 3 nitrogen and oxygen atoms in total. The summed E-state index contributed by atoms with van der Waals surface area (Å²) < 4.78 is 36.6. The van der Waals surface area contributed by atoms with Gasteiger partial charge in [-0.25, -0.2) is 0 Å². The normalized spacial score (nSPS) is 19.8. The summed E-state index contributed by atoms with van der Waals surface area (Å²) in [6, 6.07) is 2.23. The van der Waals surface area contributed by atoms with Gasteiger partial charge in [0.25, 0.3) is 0 Å². The van der Waals surface area contributed by atoms with Gasteiger partial charge in [0.2, 0.25) is 0 Å². The van der Waals surface area contributed by atoms with Crippen LogP contribution in [0.15, 0.2) is 0 Å². The quantitative estimate of drug-likeness (QED) is 0.778. The number of alkyl halides is 3. The molecule has 1 rings (SSSR count). The van der Waals surface area contributed by atoms with Crippen LogP contribution in [0.4, 0.5) is 13.2 Å². The Bertz CT molecular complexity index is 299. The summed E-state index contributed by atoms with van der Waals surface area (Å²) in [4.78, 5) is 3.57. The fourth-order valence-corrected chi connectivity index (χ4v) is 1.92. The van der Waals surface area contributed by atoms with Crippen molar-refractivity contribution in [3.63, 3.8) is 0 Å². The number of hydrogen-bond acceptors (Lipinski definition) is 3. The molecular weight excluding hydrogens is 243 g/mol. The minimum absolute atomic E-state index is 0.358. The molecular formula is C12H20F3N3. The van der Waals surface area contributed by atoms with Crippen LogP contribution in [0.5, 0.6) is 0 Å². The fraction of sp³-hybridized carbons (Fsp3) is 0.917. The van der Waals surface area contributed by atoms with Crippen LogP contribution in [0, 0.1) is 16.7 Å². The Hall–Kier alpha value is -0.800. The molecule has 0 aromatic heterocycles. The lowest BCUT2D eigenvalue weighted by molar-refractivity contribution is -0.149. The first-order valence-electron chi connectivity index (χ1n) is 6.15. The van der Waals surface area contributed by atoms with Gasteiger partial charge in [-0.1, -0.05) is 0 Å². The van der Waals surface area contributed by atoms with Crippen LogP contribution in [0.2, 0.25) is 0 Å². The molecule has 0 aromatic rings. The Morgan fingerprint density at radius 2 is 1.56 bits per heavy atom. The first kappa shape index (κ1) is 15.3. The van der Waals surface area contributed by atoms with Crippen LogP contribution in [0.1, 0.15) is 20.3 Å². The fourth-order valence-electron chi connectivity index (χ4n) is 1.92. The van der Waals surface area contributed by atoms with Crippen LogP contribution in [0.25, 0.3) is 0 Å². The number of hydrogen-bond donors (Lipinski definition) is 0. The molecule has 1 fully saturated rings. The summed E-state index contributed by atoms with van der Waals surface area (Å²) in [5.41, 5.74) is -0.358. The molecule has 1 aliphatic heterocycles. The van der Waals surface area contributed by atoms with Crippen LogP contribution in [-0.2, 0) is 0 Å². The van der Waals surface area contributed by atoms with Crippen LogP contribution in [0.3, 0.4) is 0 Å². The Balaban J connectivity index is 2.26. The maximum absolute atomic E-state index is 12.2. The standard InChI is InChI=1S/C12H20F3N3/c1-11(2,9-16)3-4-17-5-7-18(8-6-17)10-12(13,14)15/h3-8,10H2,1-2H3. The molecule has 0 aliphatic carbocycles. The topological polar surface area (TPSA) is 30.3 Å². The Labute approximate surface area is 106 Å². The van der Waals surface area contributed by atoms with E-state index < -0.39 is 12.7 Å². The molecule has 6 heteroatoms. The average Bonchev–Trinajstić information content (AvgIpc) is 2.26. The molecule has 0 N–H and O–H groups in total. The van der Waals surface area contributed by atoms with E-state index in [0.717, 1.165) is 13.0 Å². The third kappa shape index (κ3) is 5.69. The number of rotatable bonds is 4. The van der Waals surface area contributed by atoms with Gasteiger partial charge < -0.3 is 4.90 Å². The van der Waals surface area contributed by atoms with Crippen LogP contribution >= 0.6 is 0 Å². The second-order valence-electron chi connectivity index (χ2n) is 5.48. The smallest absolute Gasteiger partial charge is 0.301 e. The highest BCUT2D eigenvalue weighted by atomic mass is 19.4. The molecule has 0 aromatic carbocycles. The van der Waals surface area contributed by atoms with Gasteiger partial charge in [-0.05, 0) is 26.8 Å². The minimum atomic E-state index is -4.11. The van der Waals surface area contributed by atoms with Crippen LogP contribution < -0.4 is 0 Å². The van der Waals surface area contributed by atoms with E-state index in [4.69, 9.17) is 5.26 Å². The van der Waals surface area contributed by atoms with E-state index in [1.54, 1.807) is 0 Å². The molecule has 0 bridgehead atoms. The highest BCUT2D eigenvalue weighted by Gasteiger charge is 2.32. The van der Waals surface area contributed by atoms with Crippen molar-refractivity contribution in [1.82, 2.24) is 9.80 Å². The van der Waals surface area contributed by atoms with Gasteiger partial charge in [0, 0.05) is 26.2 Å². The van der Waals surface area contributed by atoms with E-state index in [1.807, 2.05) is 13.8 Å². The molecule has 1 aliphatic rings. The largest absolute Gasteiger partial charge is 0.401 e. The van der Waals surface area contributed by atoms with Gasteiger partial charge in [0.05, 0.1) is 18.0 Å². The Kier molecular flexibility index (Phi) is 5.00. The van der Waals surface area contributed by atoms with E-state index in [1.165, 1.54) is 4.90 Å². The molecule has 0 saturated carbocycles. The van der Waals surface area contributed by atoms with Crippen molar-refractivity contribution < 1.29 is 13.2 Å². The lowest BCUT2D eigenvalue weighted by Gasteiger charge is -2.35. The number of nitriles is 1. The monoisotopic (exact) mass is 263 g/mol. The van der Waals surface area contributed by atoms with Gasteiger partial charge >= 0.3 is 6.18 Å². The van der Waals surface area contributed by atoms with E-state index in [9.17, 15) is 13.2 Å². The van der Waals surface area contributed by atoms with Gasteiger partial charge in [0.15, 0.2) is 0 Å². The molecule has 1 heterocycles. The maximum atomic E-state index is 12.2. The zero-order valence-electron chi connectivity index (χ0n) is 10.9. The van der Waals surface area contributed by atoms with Gasteiger partial charge in [-0.2, -0.15) is 18.4 Å². The van der Waals surface area contributed by atoms with Gasteiger partial charge in [-0.15, -0.1) is 0 Å². The van der Waals surface area contributed by atoms with Crippen molar-refractivity contribution in [2.75, 3.05) is 39.3 Å². The maximum Gasteiger partial charge on any atom is 0.401 e. The Morgan fingerprint density at radius 1 is 1.06 bits per heavy atom. The third-order valence-electron chi connectivity index (χ3n) is 3.22. The molecule has 0 atom stereocenters. The van der Waals surface area contributed by atoms with Gasteiger partial charge in [0.1, 0.15) is 0 Å². The van der Waals surface area contributed by atoms with Crippen molar-refractivity contribution in [3.8, 4) is 6.07 Å². The minimum Gasteiger partial charge on any atom is -0.301 e.